The third-order valence-electron chi connectivity index (χ3n) is 5.28. The normalized spacial score (nSPS) is 19.4. The molecule has 2 heterocycles. The van der Waals surface area contributed by atoms with Crippen molar-refractivity contribution in [3.05, 3.63) is 71.3 Å². The summed E-state index contributed by atoms with van der Waals surface area (Å²) >= 11 is 0. The number of rotatable bonds is 3. The Balaban J connectivity index is 1.48. The predicted octanol–water partition coefficient (Wildman–Crippen LogP) is 2.59. The molecule has 0 unspecified atom stereocenters. The number of piperazine rings is 1. The maximum atomic E-state index is 12.7. The third-order valence-corrected chi connectivity index (χ3v) is 5.28. The SMILES string of the molecule is O=C(CCc1ccccc1)N1CC(=O)N2CCc3ccccc3[C@@H]2C1. The first-order valence-electron chi connectivity index (χ1n) is 8.91. The maximum absolute atomic E-state index is 12.7. The van der Waals surface area contributed by atoms with Gasteiger partial charge in [-0.15, -0.1) is 0 Å². The van der Waals surface area contributed by atoms with E-state index in [-0.39, 0.29) is 24.4 Å². The van der Waals surface area contributed by atoms with E-state index >= 15 is 0 Å². The van der Waals surface area contributed by atoms with Gasteiger partial charge in [0.1, 0.15) is 0 Å². The van der Waals surface area contributed by atoms with Gasteiger partial charge >= 0.3 is 0 Å². The number of fused-ring (bicyclic) bond motifs is 3. The van der Waals surface area contributed by atoms with Crippen molar-refractivity contribution in [3.63, 3.8) is 0 Å². The Kier molecular flexibility index (Phi) is 4.26. The molecule has 0 N–H and O–H groups in total. The molecule has 1 atom stereocenters. The minimum Gasteiger partial charge on any atom is -0.332 e. The van der Waals surface area contributed by atoms with Crippen LogP contribution in [0.3, 0.4) is 0 Å². The van der Waals surface area contributed by atoms with E-state index in [1.165, 1.54) is 11.1 Å². The Morgan fingerprint density at radius 3 is 2.64 bits per heavy atom. The first kappa shape index (κ1) is 15.9. The minimum atomic E-state index is 0.00637. The highest BCUT2D eigenvalue weighted by molar-refractivity contribution is 5.87. The molecule has 2 aromatic rings. The fourth-order valence-electron chi connectivity index (χ4n) is 3.92. The molecule has 4 heteroatoms. The maximum Gasteiger partial charge on any atom is 0.242 e. The molecule has 0 saturated carbocycles. The number of carbonyl (C=O) groups excluding carboxylic acids is 2. The number of amides is 2. The molecule has 2 amide bonds. The minimum absolute atomic E-state index is 0.00637. The highest BCUT2D eigenvalue weighted by atomic mass is 16.2. The van der Waals surface area contributed by atoms with Crippen LogP contribution < -0.4 is 0 Å². The van der Waals surface area contributed by atoms with Crippen molar-refractivity contribution in [2.75, 3.05) is 19.6 Å². The largest absolute Gasteiger partial charge is 0.332 e. The van der Waals surface area contributed by atoms with E-state index in [9.17, 15) is 9.59 Å². The molecular formula is C21H22N2O2. The smallest absolute Gasteiger partial charge is 0.242 e. The zero-order valence-electron chi connectivity index (χ0n) is 14.2. The molecule has 1 fully saturated rings. The Morgan fingerprint density at radius 1 is 1.04 bits per heavy atom. The van der Waals surface area contributed by atoms with E-state index in [1.54, 1.807) is 4.90 Å². The molecule has 2 aliphatic rings. The van der Waals surface area contributed by atoms with Gasteiger partial charge in [0, 0.05) is 19.5 Å². The lowest BCUT2D eigenvalue weighted by atomic mass is 9.90. The van der Waals surface area contributed by atoms with E-state index in [0.29, 0.717) is 13.0 Å². The summed E-state index contributed by atoms with van der Waals surface area (Å²) < 4.78 is 0. The fraction of sp³-hybridized carbons (Fsp3) is 0.333. The summed E-state index contributed by atoms with van der Waals surface area (Å²) in [4.78, 5) is 28.9. The van der Waals surface area contributed by atoms with Gasteiger partial charge in [-0.05, 0) is 29.5 Å². The number of aryl methyl sites for hydroxylation is 1. The average Bonchev–Trinajstić information content (AvgIpc) is 2.66. The molecule has 0 radical (unpaired) electrons. The molecule has 2 aromatic carbocycles. The van der Waals surface area contributed by atoms with Crippen molar-refractivity contribution < 1.29 is 9.59 Å². The van der Waals surface area contributed by atoms with Crippen molar-refractivity contribution in [2.45, 2.75) is 25.3 Å². The second kappa shape index (κ2) is 6.71. The summed E-state index contributed by atoms with van der Waals surface area (Å²) in [5, 5.41) is 0. The molecule has 0 aromatic heterocycles. The zero-order valence-corrected chi connectivity index (χ0v) is 14.2. The summed E-state index contributed by atoms with van der Waals surface area (Å²) in [6.07, 6.45) is 2.07. The number of hydrogen-bond donors (Lipinski definition) is 0. The standard InChI is InChI=1S/C21H22N2O2/c24-20(11-10-16-6-2-1-3-7-16)22-14-19-18-9-5-4-8-17(18)12-13-23(19)21(25)15-22/h1-9,19H,10-15H2/t19-/m0/s1. The van der Waals surface area contributed by atoms with Gasteiger partial charge in [-0.25, -0.2) is 0 Å². The average molecular weight is 334 g/mol. The topological polar surface area (TPSA) is 40.6 Å². The first-order chi connectivity index (χ1) is 12.2. The van der Waals surface area contributed by atoms with Crippen LogP contribution in [0.4, 0.5) is 0 Å². The molecule has 0 aliphatic carbocycles. The summed E-state index contributed by atoms with van der Waals surface area (Å²) in [7, 11) is 0. The molecule has 1 saturated heterocycles. The fourth-order valence-corrected chi connectivity index (χ4v) is 3.92. The van der Waals surface area contributed by atoms with E-state index in [4.69, 9.17) is 0 Å². The second-order valence-corrected chi connectivity index (χ2v) is 6.81. The van der Waals surface area contributed by atoms with Crippen LogP contribution in [0.25, 0.3) is 0 Å². The van der Waals surface area contributed by atoms with Gasteiger partial charge in [0.2, 0.25) is 11.8 Å². The lowest BCUT2D eigenvalue weighted by Gasteiger charge is -2.44. The van der Waals surface area contributed by atoms with Crippen LogP contribution in [0.5, 0.6) is 0 Å². The van der Waals surface area contributed by atoms with Gasteiger partial charge in [-0.1, -0.05) is 54.6 Å². The molecule has 4 nitrogen and oxygen atoms in total. The zero-order chi connectivity index (χ0) is 17.2. The van der Waals surface area contributed by atoms with Crippen molar-refractivity contribution in [3.8, 4) is 0 Å². The Bertz CT molecular complexity index is 787. The third kappa shape index (κ3) is 3.16. The summed E-state index contributed by atoms with van der Waals surface area (Å²) in [5.41, 5.74) is 3.65. The van der Waals surface area contributed by atoms with Crippen LogP contribution in [-0.2, 0) is 22.4 Å². The lowest BCUT2D eigenvalue weighted by molar-refractivity contribution is -0.149. The number of benzene rings is 2. The van der Waals surface area contributed by atoms with Crippen LogP contribution >= 0.6 is 0 Å². The summed E-state index contributed by atoms with van der Waals surface area (Å²) in [6.45, 7) is 1.58. The van der Waals surface area contributed by atoms with E-state index < -0.39 is 0 Å². The van der Waals surface area contributed by atoms with Crippen LogP contribution in [0, 0.1) is 0 Å². The number of nitrogens with zero attached hydrogens (tertiary/aromatic N) is 2. The van der Waals surface area contributed by atoms with Gasteiger partial charge in [0.15, 0.2) is 0 Å². The quantitative estimate of drug-likeness (QED) is 0.866. The van der Waals surface area contributed by atoms with Crippen molar-refractivity contribution in [1.29, 1.82) is 0 Å². The van der Waals surface area contributed by atoms with Crippen LogP contribution in [0.15, 0.2) is 54.6 Å². The summed E-state index contributed by atoms with van der Waals surface area (Å²) in [5.74, 6) is 0.138. The molecule has 128 valence electrons. The lowest BCUT2D eigenvalue weighted by Crippen LogP contribution is -2.55. The Morgan fingerprint density at radius 2 is 1.80 bits per heavy atom. The van der Waals surface area contributed by atoms with E-state index in [2.05, 4.69) is 12.1 Å². The summed E-state index contributed by atoms with van der Waals surface area (Å²) in [6, 6.07) is 18.3. The molecule has 2 aliphatic heterocycles. The van der Waals surface area contributed by atoms with Crippen molar-refractivity contribution in [2.24, 2.45) is 0 Å². The van der Waals surface area contributed by atoms with Gasteiger partial charge in [-0.2, -0.15) is 0 Å². The van der Waals surface area contributed by atoms with Gasteiger partial charge in [0.25, 0.3) is 0 Å². The Hall–Kier alpha value is -2.62. The van der Waals surface area contributed by atoms with Crippen molar-refractivity contribution >= 4 is 11.8 Å². The van der Waals surface area contributed by atoms with Crippen LogP contribution in [-0.4, -0.2) is 41.2 Å². The molecule has 25 heavy (non-hydrogen) atoms. The predicted molar refractivity (Wildman–Crippen MR) is 95.9 cm³/mol. The van der Waals surface area contributed by atoms with Crippen LogP contribution in [0.1, 0.15) is 29.2 Å². The van der Waals surface area contributed by atoms with Crippen molar-refractivity contribution in [1.82, 2.24) is 9.80 Å². The highest BCUT2D eigenvalue weighted by Crippen LogP contribution is 2.33. The van der Waals surface area contributed by atoms with E-state index in [1.807, 2.05) is 47.4 Å². The number of hydrogen-bond acceptors (Lipinski definition) is 2. The van der Waals surface area contributed by atoms with E-state index in [0.717, 1.165) is 24.9 Å². The van der Waals surface area contributed by atoms with Gasteiger partial charge < -0.3 is 9.80 Å². The van der Waals surface area contributed by atoms with Gasteiger partial charge in [-0.3, -0.25) is 9.59 Å². The molecule has 0 spiro atoms. The molecular weight excluding hydrogens is 312 g/mol. The highest BCUT2D eigenvalue weighted by Gasteiger charge is 2.38. The van der Waals surface area contributed by atoms with Gasteiger partial charge in [0.05, 0.1) is 12.6 Å². The van der Waals surface area contributed by atoms with Crippen LogP contribution in [0.2, 0.25) is 0 Å². The monoisotopic (exact) mass is 334 g/mol. The Labute approximate surface area is 148 Å². The molecule has 4 rings (SSSR count). The second-order valence-electron chi connectivity index (χ2n) is 6.81. The first-order valence-corrected chi connectivity index (χ1v) is 8.91. The molecule has 0 bridgehead atoms. The number of carbonyl (C=O) groups is 2.